The van der Waals surface area contributed by atoms with Gasteiger partial charge in [0.1, 0.15) is 13.2 Å². The number of hydrogen-bond donors (Lipinski definition) is 2. The van der Waals surface area contributed by atoms with Crippen molar-refractivity contribution in [2.75, 3.05) is 53.2 Å². The standard InChI is InChI=1S/C11H22N2O5/c1-3-16-6-7-17-5-4-13-11(15)9-18-8-10(14)12-2/h3-9H2,1-2H3,(H,12,14)(H,13,15). The maximum Gasteiger partial charge on any atom is 0.246 e. The van der Waals surface area contributed by atoms with Crippen molar-refractivity contribution >= 4 is 11.8 Å². The van der Waals surface area contributed by atoms with Gasteiger partial charge in [-0.2, -0.15) is 0 Å². The van der Waals surface area contributed by atoms with Crippen LogP contribution in [-0.2, 0) is 23.8 Å². The number of carbonyl (C=O) groups excluding carboxylic acids is 2. The number of likely N-dealkylation sites (N-methyl/N-ethyl adjacent to an activating group) is 1. The van der Waals surface area contributed by atoms with Crippen LogP contribution in [0.15, 0.2) is 0 Å². The molecule has 0 saturated carbocycles. The Morgan fingerprint density at radius 1 is 0.944 bits per heavy atom. The molecule has 0 saturated heterocycles. The predicted molar refractivity (Wildman–Crippen MR) is 65.2 cm³/mol. The zero-order chi connectivity index (χ0) is 13.6. The molecule has 7 nitrogen and oxygen atoms in total. The number of amides is 2. The highest BCUT2D eigenvalue weighted by molar-refractivity contribution is 5.79. The number of carbonyl (C=O) groups is 2. The summed E-state index contributed by atoms with van der Waals surface area (Å²) in [7, 11) is 1.51. The van der Waals surface area contributed by atoms with E-state index in [-0.39, 0.29) is 25.0 Å². The lowest BCUT2D eigenvalue weighted by molar-refractivity contribution is -0.130. The molecule has 0 aromatic heterocycles. The fraction of sp³-hybridized carbons (Fsp3) is 0.818. The van der Waals surface area contributed by atoms with Gasteiger partial charge in [-0.3, -0.25) is 9.59 Å². The number of nitrogens with one attached hydrogen (secondary N) is 2. The summed E-state index contributed by atoms with van der Waals surface area (Å²) in [6, 6.07) is 0. The molecular weight excluding hydrogens is 240 g/mol. The summed E-state index contributed by atoms with van der Waals surface area (Å²) in [4.78, 5) is 22.0. The zero-order valence-corrected chi connectivity index (χ0v) is 11.0. The van der Waals surface area contributed by atoms with Crippen LogP contribution in [0.2, 0.25) is 0 Å². The number of rotatable bonds is 11. The maximum atomic E-state index is 11.2. The Morgan fingerprint density at radius 2 is 1.61 bits per heavy atom. The van der Waals surface area contributed by atoms with E-state index in [9.17, 15) is 9.59 Å². The number of ether oxygens (including phenoxy) is 3. The van der Waals surface area contributed by atoms with E-state index in [0.29, 0.717) is 33.0 Å². The fourth-order valence-corrected chi connectivity index (χ4v) is 0.986. The molecule has 0 heterocycles. The third-order valence-electron chi connectivity index (χ3n) is 1.89. The first kappa shape index (κ1) is 16.8. The van der Waals surface area contributed by atoms with E-state index in [2.05, 4.69) is 10.6 Å². The Bertz CT molecular complexity index is 235. The quantitative estimate of drug-likeness (QED) is 0.463. The monoisotopic (exact) mass is 262 g/mol. The lowest BCUT2D eigenvalue weighted by Crippen LogP contribution is -2.32. The molecule has 18 heavy (non-hydrogen) atoms. The SMILES string of the molecule is CCOCCOCCNC(=O)COCC(=O)NC. The summed E-state index contributed by atoms with van der Waals surface area (Å²) in [6.07, 6.45) is 0. The number of hydrogen-bond acceptors (Lipinski definition) is 5. The Kier molecular flexibility index (Phi) is 11.5. The smallest absolute Gasteiger partial charge is 0.246 e. The first-order chi connectivity index (χ1) is 8.70. The average Bonchev–Trinajstić information content (AvgIpc) is 2.37. The average molecular weight is 262 g/mol. The molecule has 2 amide bonds. The summed E-state index contributed by atoms with van der Waals surface area (Å²) in [6.45, 7) is 4.24. The Morgan fingerprint density at radius 3 is 2.28 bits per heavy atom. The molecule has 0 radical (unpaired) electrons. The molecule has 0 aromatic rings. The topological polar surface area (TPSA) is 85.9 Å². The third-order valence-corrected chi connectivity index (χ3v) is 1.89. The van der Waals surface area contributed by atoms with Crippen LogP contribution in [0.25, 0.3) is 0 Å². The highest BCUT2D eigenvalue weighted by atomic mass is 16.5. The molecule has 7 heteroatoms. The van der Waals surface area contributed by atoms with Gasteiger partial charge >= 0.3 is 0 Å². The first-order valence-corrected chi connectivity index (χ1v) is 5.91. The second-order valence-corrected chi connectivity index (χ2v) is 3.33. The summed E-state index contributed by atoms with van der Waals surface area (Å²) in [5.74, 6) is -0.533. The van der Waals surface area contributed by atoms with E-state index in [1.165, 1.54) is 7.05 Å². The van der Waals surface area contributed by atoms with Crippen LogP contribution in [0, 0.1) is 0 Å². The Balaban J connectivity index is 3.24. The van der Waals surface area contributed by atoms with Crippen LogP contribution in [0.3, 0.4) is 0 Å². The van der Waals surface area contributed by atoms with Crippen molar-refractivity contribution in [3.05, 3.63) is 0 Å². The molecule has 106 valence electrons. The molecule has 0 spiro atoms. The van der Waals surface area contributed by atoms with Gasteiger partial charge in [0.2, 0.25) is 11.8 Å². The summed E-state index contributed by atoms with van der Waals surface area (Å²) in [5, 5.41) is 4.99. The molecule has 0 bridgehead atoms. The van der Waals surface area contributed by atoms with E-state index in [0.717, 1.165) is 0 Å². The molecular formula is C11H22N2O5. The second-order valence-electron chi connectivity index (χ2n) is 3.33. The van der Waals surface area contributed by atoms with E-state index >= 15 is 0 Å². The lowest BCUT2D eigenvalue weighted by Gasteiger charge is -2.07. The van der Waals surface area contributed by atoms with E-state index in [1.807, 2.05) is 6.92 Å². The normalized spacial score (nSPS) is 10.1. The van der Waals surface area contributed by atoms with Gasteiger partial charge in [-0.15, -0.1) is 0 Å². The molecule has 0 aliphatic heterocycles. The van der Waals surface area contributed by atoms with Gasteiger partial charge in [0.15, 0.2) is 0 Å². The van der Waals surface area contributed by atoms with Gasteiger partial charge in [-0.05, 0) is 6.92 Å². The fourth-order valence-electron chi connectivity index (χ4n) is 0.986. The van der Waals surface area contributed by atoms with Crippen molar-refractivity contribution in [3.8, 4) is 0 Å². The molecule has 2 N–H and O–H groups in total. The molecule has 0 atom stereocenters. The van der Waals surface area contributed by atoms with E-state index in [4.69, 9.17) is 14.2 Å². The Hall–Kier alpha value is -1.18. The van der Waals surface area contributed by atoms with Crippen molar-refractivity contribution in [3.63, 3.8) is 0 Å². The minimum atomic E-state index is -0.271. The molecule has 0 fully saturated rings. The van der Waals surface area contributed by atoms with Gasteiger partial charge in [0.05, 0.1) is 19.8 Å². The van der Waals surface area contributed by atoms with Crippen LogP contribution < -0.4 is 10.6 Å². The van der Waals surface area contributed by atoms with E-state index in [1.54, 1.807) is 0 Å². The predicted octanol–water partition coefficient (Wildman–Crippen LogP) is -1.08. The van der Waals surface area contributed by atoms with Gasteiger partial charge in [-0.1, -0.05) is 0 Å². The van der Waals surface area contributed by atoms with Crippen molar-refractivity contribution in [2.45, 2.75) is 6.92 Å². The lowest BCUT2D eigenvalue weighted by atomic mass is 10.5. The second kappa shape index (κ2) is 12.3. The van der Waals surface area contributed by atoms with Gasteiger partial charge < -0.3 is 24.8 Å². The van der Waals surface area contributed by atoms with Gasteiger partial charge in [-0.25, -0.2) is 0 Å². The van der Waals surface area contributed by atoms with Crippen LogP contribution in [0.5, 0.6) is 0 Å². The first-order valence-electron chi connectivity index (χ1n) is 5.91. The van der Waals surface area contributed by atoms with Crippen molar-refractivity contribution in [1.82, 2.24) is 10.6 Å². The molecule has 0 aliphatic rings. The van der Waals surface area contributed by atoms with Crippen molar-refractivity contribution in [1.29, 1.82) is 0 Å². The summed E-state index contributed by atoms with van der Waals surface area (Å²) >= 11 is 0. The van der Waals surface area contributed by atoms with Crippen LogP contribution in [0.4, 0.5) is 0 Å². The molecule has 0 rings (SSSR count). The largest absolute Gasteiger partial charge is 0.379 e. The van der Waals surface area contributed by atoms with Crippen LogP contribution >= 0.6 is 0 Å². The minimum absolute atomic E-state index is 0.116. The highest BCUT2D eigenvalue weighted by Crippen LogP contribution is 1.79. The van der Waals surface area contributed by atoms with Gasteiger partial charge in [0.25, 0.3) is 0 Å². The minimum Gasteiger partial charge on any atom is -0.379 e. The summed E-state index contributed by atoms with van der Waals surface area (Å²) in [5.41, 5.74) is 0. The highest BCUT2D eigenvalue weighted by Gasteiger charge is 2.03. The Labute approximate surface area is 107 Å². The third kappa shape index (κ3) is 11.3. The molecule has 0 unspecified atom stereocenters. The van der Waals surface area contributed by atoms with E-state index < -0.39 is 0 Å². The maximum absolute atomic E-state index is 11.2. The van der Waals surface area contributed by atoms with Crippen LogP contribution in [0.1, 0.15) is 6.92 Å². The van der Waals surface area contributed by atoms with Crippen LogP contribution in [-0.4, -0.2) is 65.0 Å². The molecule has 0 aliphatic carbocycles. The zero-order valence-electron chi connectivity index (χ0n) is 11.0. The van der Waals surface area contributed by atoms with Crippen molar-refractivity contribution < 1.29 is 23.8 Å². The molecule has 0 aromatic carbocycles. The summed E-state index contributed by atoms with van der Waals surface area (Å²) < 4.78 is 15.2. The van der Waals surface area contributed by atoms with Crippen molar-refractivity contribution in [2.24, 2.45) is 0 Å². The van der Waals surface area contributed by atoms with Gasteiger partial charge in [0, 0.05) is 20.2 Å².